The van der Waals surface area contributed by atoms with E-state index in [1.165, 1.54) is 0 Å². The molecule has 7 heteroatoms. The first-order chi connectivity index (χ1) is 11.4. The Morgan fingerprint density at radius 3 is 2.32 bits per heavy atom. The zero-order chi connectivity index (χ0) is 17.6. The molecule has 0 saturated heterocycles. The highest BCUT2D eigenvalue weighted by molar-refractivity contribution is 7.90. The number of amides is 1. The van der Waals surface area contributed by atoms with Crippen LogP contribution in [0.3, 0.4) is 0 Å². The maximum Gasteiger partial charge on any atom is 0.251 e. The molecule has 0 spiro atoms. The first kappa shape index (κ1) is 21.2. The minimum atomic E-state index is -3.50. The minimum absolute atomic E-state index is 0. The molecule has 0 aliphatic carbocycles. The molecule has 0 bridgehead atoms. The van der Waals surface area contributed by atoms with Gasteiger partial charge in [0.1, 0.15) is 0 Å². The van der Waals surface area contributed by atoms with Gasteiger partial charge in [-0.05, 0) is 37.1 Å². The number of rotatable bonds is 7. The first-order valence-electron chi connectivity index (χ1n) is 7.79. The third kappa shape index (κ3) is 6.16. The first-order valence-corrected chi connectivity index (χ1v) is 9.45. The Labute approximate surface area is 155 Å². The Hall–Kier alpha value is -1.89. The topological polar surface area (TPSA) is 89.3 Å². The van der Waals surface area contributed by atoms with Gasteiger partial charge in [-0.25, -0.2) is 8.42 Å². The molecular weight excluding hydrogens is 360 g/mol. The Bertz CT molecular complexity index is 793. The van der Waals surface area contributed by atoms with Crippen LogP contribution in [0.5, 0.6) is 0 Å². The average Bonchev–Trinajstić information content (AvgIpc) is 2.55. The smallest absolute Gasteiger partial charge is 0.251 e. The van der Waals surface area contributed by atoms with E-state index in [4.69, 9.17) is 5.73 Å². The van der Waals surface area contributed by atoms with Crippen LogP contribution >= 0.6 is 12.4 Å². The highest BCUT2D eigenvalue weighted by atomic mass is 35.5. The van der Waals surface area contributed by atoms with Gasteiger partial charge in [0, 0.05) is 18.2 Å². The monoisotopic (exact) mass is 382 g/mol. The maximum atomic E-state index is 12.5. The molecule has 1 unspecified atom stereocenters. The van der Waals surface area contributed by atoms with Gasteiger partial charge >= 0.3 is 0 Å². The molecule has 0 heterocycles. The second kappa shape index (κ2) is 9.56. The van der Waals surface area contributed by atoms with Crippen molar-refractivity contribution in [2.75, 3.05) is 6.54 Å². The molecular formula is C18H23ClN2O3S. The van der Waals surface area contributed by atoms with Crippen LogP contribution in [-0.4, -0.2) is 26.9 Å². The van der Waals surface area contributed by atoms with E-state index in [0.717, 1.165) is 0 Å². The van der Waals surface area contributed by atoms with Gasteiger partial charge in [-0.15, -0.1) is 12.4 Å². The number of nitrogens with two attached hydrogens (primary N) is 1. The summed E-state index contributed by atoms with van der Waals surface area (Å²) < 4.78 is 25.1. The lowest BCUT2D eigenvalue weighted by molar-refractivity contribution is 0.0952. The van der Waals surface area contributed by atoms with Crippen LogP contribution in [0.1, 0.15) is 29.3 Å². The summed E-state index contributed by atoms with van der Waals surface area (Å²) in [5.74, 6) is -0.497. The molecule has 1 amide bonds. The van der Waals surface area contributed by atoms with E-state index in [1.807, 2.05) is 6.92 Å². The van der Waals surface area contributed by atoms with Crippen molar-refractivity contribution in [3.05, 3.63) is 65.7 Å². The molecule has 0 radical (unpaired) electrons. The lowest BCUT2D eigenvalue weighted by Gasteiger charge is -2.11. The van der Waals surface area contributed by atoms with Crippen LogP contribution in [0.2, 0.25) is 0 Å². The molecule has 0 fully saturated rings. The Morgan fingerprint density at radius 1 is 1.08 bits per heavy atom. The van der Waals surface area contributed by atoms with Crippen LogP contribution in [0.25, 0.3) is 0 Å². The molecule has 136 valence electrons. The van der Waals surface area contributed by atoms with Crippen molar-refractivity contribution in [2.45, 2.75) is 30.0 Å². The third-order valence-electron chi connectivity index (χ3n) is 3.60. The van der Waals surface area contributed by atoms with Crippen molar-refractivity contribution in [2.24, 2.45) is 5.73 Å². The van der Waals surface area contributed by atoms with Gasteiger partial charge in [0.2, 0.25) is 0 Å². The molecule has 0 aliphatic heterocycles. The second-order valence-corrected chi connectivity index (χ2v) is 7.74. The van der Waals surface area contributed by atoms with Gasteiger partial charge in [-0.2, -0.15) is 0 Å². The van der Waals surface area contributed by atoms with Gasteiger partial charge in [-0.3, -0.25) is 4.79 Å². The van der Waals surface area contributed by atoms with Crippen molar-refractivity contribution in [1.82, 2.24) is 5.32 Å². The van der Waals surface area contributed by atoms with E-state index in [-0.39, 0.29) is 35.0 Å². The lowest BCUT2D eigenvalue weighted by Crippen LogP contribution is -2.29. The zero-order valence-corrected chi connectivity index (χ0v) is 15.6. The fraction of sp³-hybridized carbons (Fsp3) is 0.278. The fourth-order valence-electron chi connectivity index (χ4n) is 2.29. The third-order valence-corrected chi connectivity index (χ3v) is 5.28. The Balaban J connectivity index is 0.00000312. The minimum Gasteiger partial charge on any atom is -0.352 e. The van der Waals surface area contributed by atoms with E-state index in [1.54, 1.807) is 54.6 Å². The molecule has 2 aromatic carbocycles. The quantitative estimate of drug-likeness (QED) is 0.770. The Morgan fingerprint density at radius 2 is 1.68 bits per heavy atom. The molecule has 0 saturated carbocycles. The molecule has 1 atom stereocenters. The normalized spacial score (nSPS) is 12.1. The summed E-state index contributed by atoms with van der Waals surface area (Å²) in [6.07, 6.45) is 0.663. The molecule has 5 nitrogen and oxygen atoms in total. The van der Waals surface area contributed by atoms with Crippen molar-refractivity contribution in [3.63, 3.8) is 0 Å². The van der Waals surface area contributed by atoms with Crippen molar-refractivity contribution in [3.8, 4) is 0 Å². The van der Waals surface area contributed by atoms with Gasteiger partial charge in [0.05, 0.1) is 10.6 Å². The van der Waals surface area contributed by atoms with E-state index < -0.39 is 9.84 Å². The molecule has 3 N–H and O–H groups in total. The number of benzene rings is 2. The van der Waals surface area contributed by atoms with E-state index in [9.17, 15) is 13.2 Å². The molecule has 0 aromatic heterocycles. The van der Waals surface area contributed by atoms with Crippen LogP contribution < -0.4 is 11.1 Å². The van der Waals surface area contributed by atoms with Crippen molar-refractivity contribution in [1.29, 1.82) is 0 Å². The van der Waals surface area contributed by atoms with Crippen molar-refractivity contribution < 1.29 is 13.2 Å². The van der Waals surface area contributed by atoms with Gasteiger partial charge < -0.3 is 11.1 Å². The standard InChI is InChI=1S/C18H22N2O3S.ClH/c1-14(19)11-12-20-18(21)17-10-6-5-7-15(17)13-24(22,23)16-8-3-2-4-9-16;/h2-10,14H,11-13,19H2,1H3,(H,20,21);1H. The number of nitrogens with one attached hydrogen (secondary N) is 1. The summed E-state index contributed by atoms with van der Waals surface area (Å²) in [4.78, 5) is 12.6. The number of carbonyl (C=O) groups is 1. The Kier molecular flexibility index (Phi) is 8.09. The molecule has 2 rings (SSSR count). The van der Waals surface area contributed by atoms with E-state index in [0.29, 0.717) is 24.1 Å². The zero-order valence-electron chi connectivity index (χ0n) is 14.0. The second-order valence-electron chi connectivity index (χ2n) is 5.75. The summed E-state index contributed by atoms with van der Waals surface area (Å²) in [5, 5.41) is 2.78. The summed E-state index contributed by atoms with van der Waals surface area (Å²) in [7, 11) is -3.50. The number of hydrogen-bond donors (Lipinski definition) is 2. The number of carbonyl (C=O) groups excluding carboxylic acids is 1. The number of hydrogen-bond acceptors (Lipinski definition) is 4. The van der Waals surface area contributed by atoms with E-state index in [2.05, 4.69) is 5.32 Å². The predicted octanol–water partition coefficient (Wildman–Crippen LogP) is 2.55. The summed E-state index contributed by atoms with van der Waals surface area (Å²) in [6, 6.07) is 15.0. The average molecular weight is 383 g/mol. The van der Waals surface area contributed by atoms with Gasteiger partial charge in [0.25, 0.3) is 5.91 Å². The van der Waals surface area contributed by atoms with Crippen LogP contribution in [0.4, 0.5) is 0 Å². The molecule has 25 heavy (non-hydrogen) atoms. The highest BCUT2D eigenvalue weighted by Crippen LogP contribution is 2.19. The van der Waals surface area contributed by atoms with Crippen molar-refractivity contribution >= 4 is 28.2 Å². The number of halogens is 1. The molecule has 2 aromatic rings. The fourth-order valence-corrected chi connectivity index (χ4v) is 3.69. The maximum absolute atomic E-state index is 12.5. The van der Waals surface area contributed by atoms with Crippen LogP contribution in [0.15, 0.2) is 59.5 Å². The van der Waals surface area contributed by atoms with Gasteiger partial charge in [0.15, 0.2) is 9.84 Å². The highest BCUT2D eigenvalue weighted by Gasteiger charge is 2.19. The van der Waals surface area contributed by atoms with Crippen LogP contribution in [-0.2, 0) is 15.6 Å². The number of sulfone groups is 1. The molecule has 0 aliphatic rings. The van der Waals surface area contributed by atoms with Crippen LogP contribution in [0, 0.1) is 0 Å². The lowest BCUT2D eigenvalue weighted by atomic mass is 10.1. The predicted molar refractivity (Wildman–Crippen MR) is 102 cm³/mol. The summed E-state index contributed by atoms with van der Waals surface area (Å²) in [6.45, 7) is 2.32. The van der Waals surface area contributed by atoms with E-state index >= 15 is 0 Å². The summed E-state index contributed by atoms with van der Waals surface area (Å²) in [5.41, 5.74) is 6.53. The van der Waals surface area contributed by atoms with Gasteiger partial charge in [-0.1, -0.05) is 36.4 Å². The largest absolute Gasteiger partial charge is 0.352 e. The summed E-state index contributed by atoms with van der Waals surface area (Å²) >= 11 is 0. The SMILES string of the molecule is CC(N)CCNC(=O)c1ccccc1CS(=O)(=O)c1ccccc1.Cl.